The van der Waals surface area contributed by atoms with Crippen LogP contribution in [-0.2, 0) is 4.57 Å². The Labute approximate surface area is 209 Å². The van der Waals surface area contributed by atoms with Crippen molar-refractivity contribution in [3.8, 4) is 0 Å². The van der Waals surface area contributed by atoms with Crippen molar-refractivity contribution in [2.45, 2.75) is 88.1 Å². The minimum absolute atomic E-state index is 0.131. The molecule has 1 nitrogen and oxygen atoms in total. The van der Waals surface area contributed by atoms with Crippen molar-refractivity contribution in [3.63, 3.8) is 0 Å². The first-order valence-electron chi connectivity index (χ1n) is 13.4. The summed E-state index contributed by atoms with van der Waals surface area (Å²) in [5.74, 6) is 1.37. The highest BCUT2D eigenvalue weighted by Gasteiger charge is 2.50. The Bertz CT molecular complexity index is 869. The number of hydrogen-bond donors (Lipinski definition) is 0. The van der Waals surface area contributed by atoms with Crippen LogP contribution >= 0.6 is 15.1 Å². The van der Waals surface area contributed by atoms with Gasteiger partial charge in [0.05, 0.1) is 5.66 Å². The fourth-order valence-corrected chi connectivity index (χ4v) is 14.0. The molecule has 3 aliphatic rings. The predicted octanol–water partition coefficient (Wildman–Crippen LogP) is 8.27. The van der Waals surface area contributed by atoms with Crippen molar-refractivity contribution in [1.29, 1.82) is 0 Å². The molecular weight excluding hydrogens is 450 g/mol. The molecule has 0 saturated heterocycles. The van der Waals surface area contributed by atoms with Crippen molar-refractivity contribution in [2.24, 2.45) is 0 Å². The first-order chi connectivity index (χ1) is 16.7. The second-order valence-electron chi connectivity index (χ2n) is 10.4. The monoisotopic (exact) mass is 489 g/mol. The van der Waals surface area contributed by atoms with Crippen LogP contribution < -0.4 is 10.6 Å². The van der Waals surface area contributed by atoms with Crippen molar-refractivity contribution in [2.75, 3.05) is 0 Å². The summed E-state index contributed by atoms with van der Waals surface area (Å²) in [5, 5.41) is 1.92. The minimum atomic E-state index is -2.93. The lowest BCUT2D eigenvalue weighted by atomic mass is 9.99. The summed E-state index contributed by atoms with van der Waals surface area (Å²) in [6.45, 7) is 2.49. The SMILES string of the molecule is C[C@H]([C]1[CH][CH][CH][C]1P(=O)(c1ccccc1)c1ccccc1)P(C1CCCCC1)C1CCCCC1. The summed E-state index contributed by atoms with van der Waals surface area (Å²) in [7, 11) is -3.06. The third-order valence-electron chi connectivity index (χ3n) is 8.29. The van der Waals surface area contributed by atoms with Crippen LogP contribution in [0.25, 0.3) is 0 Å². The summed E-state index contributed by atoms with van der Waals surface area (Å²) in [5.41, 5.74) is 3.37. The van der Waals surface area contributed by atoms with Gasteiger partial charge in [0.2, 0.25) is 0 Å². The van der Waals surface area contributed by atoms with Gasteiger partial charge in [-0.2, -0.15) is 0 Å². The van der Waals surface area contributed by atoms with Gasteiger partial charge < -0.3 is 4.57 Å². The Morgan fingerprint density at radius 1 is 0.706 bits per heavy atom. The lowest BCUT2D eigenvalue weighted by Gasteiger charge is -2.45. The summed E-state index contributed by atoms with van der Waals surface area (Å²) in [6.07, 6.45) is 20.8. The van der Waals surface area contributed by atoms with Gasteiger partial charge in [0, 0.05) is 16.5 Å². The first-order valence-corrected chi connectivity index (χ1v) is 16.7. The highest BCUT2D eigenvalue weighted by Crippen LogP contribution is 2.69. The Morgan fingerprint density at radius 3 is 1.65 bits per heavy atom. The Kier molecular flexibility index (Phi) is 8.34. The molecule has 2 aromatic rings. The van der Waals surface area contributed by atoms with Gasteiger partial charge in [-0.05, 0) is 61.9 Å². The molecule has 34 heavy (non-hydrogen) atoms. The quantitative estimate of drug-likeness (QED) is 0.358. The molecule has 2 aromatic carbocycles. The molecule has 1 atom stereocenters. The van der Waals surface area contributed by atoms with E-state index in [0.717, 1.165) is 27.6 Å². The Balaban J connectivity index is 1.51. The average molecular weight is 490 g/mol. The third-order valence-corrected chi connectivity index (χ3v) is 15.3. The molecule has 3 saturated carbocycles. The van der Waals surface area contributed by atoms with Crippen molar-refractivity contribution >= 4 is 25.7 Å². The topological polar surface area (TPSA) is 17.1 Å². The Hall–Kier alpha value is -0.900. The maximum absolute atomic E-state index is 15.2. The molecule has 0 N–H and O–H groups in total. The standard InChI is InChI=1S/C31H39OP2/c1-25(33(26-15-6-2-7-16-26)27-17-8-3-9-18-27)30-23-14-24-31(30)34(32,28-19-10-4-11-20-28)29-21-12-5-13-22-29/h4-5,10-14,19-27H,2-3,6-9,15-18H2,1H3/t25-/m1/s1. The maximum Gasteiger partial charge on any atom is 0.151 e. The second kappa shape index (κ2) is 11.4. The molecule has 0 heterocycles. The van der Waals surface area contributed by atoms with E-state index in [1.165, 1.54) is 70.1 Å². The highest BCUT2D eigenvalue weighted by atomic mass is 31.2. The van der Waals surface area contributed by atoms with E-state index in [-0.39, 0.29) is 7.92 Å². The van der Waals surface area contributed by atoms with Crippen LogP contribution in [0.3, 0.4) is 0 Å². The Morgan fingerprint density at radius 2 is 1.18 bits per heavy atom. The lowest BCUT2D eigenvalue weighted by molar-refractivity contribution is 0.482. The largest absolute Gasteiger partial charge is 0.313 e. The zero-order valence-electron chi connectivity index (χ0n) is 20.6. The van der Waals surface area contributed by atoms with Crippen LogP contribution in [0.4, 0.5) is 0 Å². The number of hydrogen-bond acceptors (Lipinski definition) is 1. The third kappa shape index (κ3) is 5.00. The van der Waals surface area contributed by atoms with Gasteiger partial charge in [0.15, 0.2) is 7.14 Å². The maximum atomic E-state index is 15.2. The molecule has 0 aliphatic heterocycles. The van der Waals surface area contributed by atoms with Gasteiger partial charge in [-0.1, -0.05) is 114 Å². The van der Waals surface area contributed by atoms with Crippen LogP contribution in [0.15, 0.2) is 60.7 Å². The van der Waals surface area contributed by atoms with Crippen LogP contribution in [0, 0.1) is 30.8 Å². The zero-order valence-corrected chi connectivity index (χ0v) is 22.4. The van der Waals surface area contributed by atoms with E-state index in [1.54, 1.807) is 0 Å². The summed E-state index contributed by atoms with van der Waals surface area (Å²) in [6, 6.07) is 20.5. The van der Waals surface area contributed by atoms with Crippen LogP contribution in [0.1, 0.15) is 71.1 Å². The van der Waals surface area contributed by atoms with Crippen molar-refractivity contribution in [1.82, 2.24) is 0 Å². The average Bonchev–Trinajstić information content (AvgIpc) is 3.41. The van der Waals surface area contributed by atoms with Gasteiger partial charge in [0.1, 0.15) is 0 Å². The summed E-state index contributed by atoms with van der Waals surface area (Å²) >= 11 is 0. The molecule has 3 fully saturated rings. The van der Waals surface area contributed by atoms with Crippen LogP contribution in [0.5, 0.6) is 0 Å². The molecule has 0 unspecified atom stereocenters. The summed E-state index contributed by atoms with van der Waals surface area (Å²) in [4.78, 5) is 0. The van der Waals surface area contributed by atoms with E-state index in [4.69, 9.17) is 0 Å². The van der Waals surface area contributed by atoms with E-state index in [1.807, 2.05) is 36.4 Å². The molecule has 3 heteroatoms. The summed E-state index contributed by atoms with van der Waals surface area (Å²) < 4.78 is 15.2. The normalized spacial score (nSPS) is 22.9. The molecule has 179 valence electrons. The number of rotatable bonds is 7. The zero-order chi connectivity index (χ0) is 23.4. The predicted molar refractivity (Wildman–Crippen MR) is 149 cm³/mol. The van der Waals surface area contributed by atoms with Gasteiger partial charge in [-0.15, -0.1) is 0 Å². The van der Waals surface area contributed by atoms with Gasteiger partial charge in [0.25, 0.3) is 0 Å². The molecule has 0 spiro atoms. The second-order valence-corrected chi connectivity index (χ2v) is 16.2. The first kappa shape index (κ1) is 24.8. The van der Waals surface area contributed by atoms with E-state index in [9.17, 15) is 0 Å². The molecule has 5 rings (SSSR count). The lowest BCUT2D eigenvalue weighted by Crippen LogP contribution is -2.32. The molecule has 0 amide bonds. The molecule has 0 bridgehead atoms. The van der Waals surface area contributed by atoms with Crippen LogP contribution in [0.2, 0.25) is 0 Å². The van der Waals surface area contributed by atoms with Crippen molar-refractivity contribution in [3.05, 3.63) is 91.5 Å². The van der Waals surface area contributed by atoms with E-state index >= 15 is 4.57 Å². The van der Waals surface area contributed by atoms with Gasteiger partial charge >= 0.3 is 0 Å². The molecule has 5 radical (unpaired) electrons. The van der Waals surface area contributed by atoms with Gasteiger partial charge in [-0.25, -0.2) is 0 Å². The minimum Gasteiger partial charge on any atom is -0.313 e. The number of benzene rings is 2. The van der Waals surface area contributed by atoms with Gasteiger partial charge in [-0.3, -0.25) is 0 Å². The smallest absolute Gasteiger partial charge is 0.151 e. The molecular formula is C31H39OP2. The van der Waals surface area contributed by atoms with E-state index in [2.05, 4.69) is 50.5 Å². The fraction of sp³-hybridized carbons (Fsp3) is 0.452. The molecule has 3 aliphatic carbocycles. The highest BCUT2D eigenvalue weighted by molar-refractivity contribution is 7.82. The van der Waals surface area contributed by atoms with Crippen LogP contribution in [-0.4, -0.2) is 17.0 Å². The van der Waals surface area contributed by atoms with E-state index < -0.39 is 7.14 Å². The molecule has 0 aromatic heterocycles. The van der Waals surface area contributed by atoms with Crippen molar-refractivity contribution < 1.29 is 4.57 Å². The van der Waals surface area contributed by atoms with E-state index in [0.29, 0.717) is 5.66 Å². The fourth-order valence-electron chi connectivity index (χ4n) is 6.62.